The smallest absolute Gasteiger partial charge is 0.307 e. The van der Waals surface area contributed by atoms with Gasteiger partial charge in [-0.3, -0.25) is 9.59 Å². The van der Waals surface area contributed by atoms with Gasteiger partial charge >= 0.3 is 5.97 Å². The first-order chi connectivity index (χ1) is 11.1. The molecule has 0 aliphatic carbocycles. The second kappa shape index (κ2) is 8.03. The van der Waals surface area contributed by atoms with Gasteiger partial charge in [0.1, 0.15) is 18.2 Å². The normalized spacial score (nSPS) is 10.2. The van der Waals surface area contributed by atoms with Crippen LogP contribution in [0.3, 0.4) is 0 Å². The fourth-order valence-corrected chi connectivity index (χ4v) is 1.86. The van der Waals surface area contributed by atoms with Crippen LogP contribution in [-0.2, 0) is 16.1 Å². The maximum Gasteiger partial charge on any atom is 0.307 e. The summed E-state index contributed by atoms with van der Waals surface area (Å²) in [6.07, 6.45) is -0.0403. The van der Waals surface area contributed by atoms with E-state index >= 15 is 0 Å². The van der Waals surface area contributed by atoms with Crippen molar-refractivity contribution in [2.75, 3.05) is 6.54 Å². The maximum atomic E-state index is 13.4. The molecule has 0 saturated heterocycles. The fraction of sp³-hybridized carbons (Fsp3) is 0.176. The Hall–Kier alpha value is -2.76. The van der Waals surface area contributed by atoms with Gasteiger partial charge in [-0.05, 0) is 17.7 Å². The third-order valence-corrected chi connectivity index (χ3v) is 3.03. The van der Waals surface area contributed by atoms with Crippen LogP contribution in [-0.4, -0.2) is 18.4 Å². The Labute approximate surface area is 132 Å². The number of nitrogens with one attached hydrogen (secondary N) is 1. The lowest BCUT2D eigenvalue weighted by molar-refractivity contribution is -0.144. The predicted molar refractivity (Wildman–Crippen MR) is 79.5 cm³/mol. The van der Waals surface area contributed by atoms with Crippen molar-refractivity contribution in [3.05, 3.63) is 71.3 Å². The van der Waals surface area contributed by atoms with E-state index in [-0.39, 0.29) is 25.1 Å². The SMILES string of the molecule is O=C(CCNC(=O)c1ccc(F)cc1F)OCc1ccccc1. The molecule has 0 aliphatic rings. The molecule has 0 spiro atoms. The summed E-state index contributed by atoms with van der Waals surface area (Å²) in [6, 6.07) is 11.8. The first-order valence-electron chi connectivity index (χ1n) is 6.99. The Morgan fingerprint density at radius 3 is 2.48 bits per heavy atom. The minimum atomic E-state index is -0.950. The average Bonchev–Trinajstić information content (AvgIpc) is 2.53. The van der Waals surface area contributed by atoms with Gasteiger partial charge in [-0.1, -0.05) is 30.3 Å². The number of carbonyl (C=O) groups is 2. The summed E-state index contributed by atoms with van der Waals surface area (Å²) in [5, 5.41) is 2.39. The Morgan fingerprint density at radius 1 is 1.04 bits per heavy atom. The Balaban J connectivity index is 1.73. The maximum absolute atomic E-state index is 13.4. The van der Waals surface area contributed by atoms with E-state index in [1.807, 2.05) is 30.3 Å². The lowest BCUT2D eigenvalue weighted by Crippen LogP contribution is -2.27. The van der Waals surface area contributed by atoms with Crippen LogP contribution in [0.25, 0.3) is 0 Å². The van der Waals surface area contributed by atoms with Crippen molar-refractivity contribution in [1.29, 1.82) is 0 Å². The quantitative estimate of drug-likeness (QED) is 0.833. The molecule has 0 unspecified atom stereocenters. The second-order valence-corrected chi connectivity index (χ2v) is 4.78. The van der Waals surface area contributed by atoms with Gasteiger partial charge in [0.25, 0.3) is 5.91 Å². The molecule has 0 heterocycles. The molecule has 23 heavy (non-hydrogen) atoms. The van der Waals surface area contributed by atoms with Gasteiger partial charge in [0, 0.05) is 12.6 Å². The zero-order valence-corrected chi connectivity index (χ0v) is 12.2. The second-order valence-electron chi connectivity index (χ2n) is 4.78. The first kappa shape index (κ1) is 16.6. The van der Waals surface area contributed by atoms with Gasteiger partial charge in [-0.2, -0.15) is 0 Å². The highest BCUT2D eigenvalue weighted by molar-refractivity contribution is 5.94. The van der Waals surface area contributed by atoms with Crippen molar-refractivity contribution in [1.82, 2.24) is 5.32 Å². The van der Waals surface area contributed by atoms with Crippen molar-refractivity contribution in [3.8, 4) is 0 Å². The van der Waals surface area contributed by atoms with Gasteiger partial charge in [0.2, 0.25) is 0 Å². The van der Waals surface area contributed by atoms with Crippen LogP contribution in [0.2, 0.25) is 0 Å². The molecule has 2 aromatic rings. The zero-order valence-electron chi connectivity index (χ0n) is 12.2. The van der Waals surface area contributed by atoms with E-state index in [2.05, 4.69) is 5.32 Å². The number of rotatable bonds is 6. The largest absolute Gasteiger partial charge is 0.461 e. The summed E-state index contributed by atoms with van der Waals surface area (Å²) in [5.74, 6) is -2.90. The van der Waals surface area contributed by atoms with Crippen LogP contribution >= 0.6 is 0 Å². The molecule has 2 aromatic carbocycles. The summed E-state index contributed by atoms with van der Waals surface area (Å²) >= 11 is 0. The first-order valence-corrected chi connectivity index (χ1v) is 6.99. The lowest BCUT2D eigenvalue weighted by atomic mass is 10.2. The molecule has 120 valence electrons. The number of amides is 1. The molecule has 0 atom stereocenters. The molecule has 0 saturated carbocycles. The van der Waals surface area contributed by atoms with Crippen LogP contribution < -0.4 is 5.32 Å². The third kappa shape index (κ3) is 5.18. The molecular formula is C17H15F2NO3. The standard InChI is InChI=1S/C17H15F2NO3/c18-13-6-7-14(15(19)10-13)17(22)20-9-8-16(21)23-11-12-4-2-1-3-5-12/h1-7,10H,8-9,11H2,(H,20,22). The Bertz CT molecular complexity index is 689. The van der Waals surface area contributed by atoms with E-state index in [9.17, 15) is 18.4 Å². The van der Waals surface area contributed by atoms with Crippen molar-refractivity contribution < 1.29 is 23.1 Å². The minimum Gasteiger partial charge on any atom is -0.461 e. The molecular weight excluding hydrogens is 304 g/mol. The van der Waals surface area contributed by atoms with Crippen LogP contribution in [0.5, 0.6) is 0 Å². The molecule has 0 bridgehead atoms. The van der Waals surface area contributed by atoms with E-state index in [4.69, 9.17) is 4.74 Å². The molecule has 0 fully saturated rings. The highest BCUT2D eigenvalue weighted by Gasteiger charge is 2.12. The van der Waals surface area contributed by atoms with Crippen LogP contribution in [0, 0.1) is 11.6 Å². The lowest BCUT2D eigenvalue weighted by Gasteiger charge is -2.07. The van der Waals surface area contributed by atoms with Crippen molar-refractivity contribution in [2.24, 2.45) is 0 Å². The summed E-state index contributed by atoms with van der Waals surface area (Å²) in [4.78, 5) is 23.3. The van der Waals surface area contributed by atoms with Crippen molar-refractivity contribution in [3.63, 3.8) is 0 Å². The number of hydrogen-bond donors (Lipinski definition) is 1. The Kier molecular flexibility index (Phi) is 5.80. The van der Waals surface area contributed by atoms with Gasteiger partial charge in [0.15, 0.2) is 0 Å². The molecule has 4 nitrogen and oxygen atoms in total. The van der Waals surface area contributed by atoms with E-state index in [1.54, 1.807) is 0 Å². The number of carbonyl (C=O) groups excluding carboxylic acids is 2. The number of esters is 1. The van der Waals surface area contributed by atoms with Crippen LogP contribution in [0.4, 0.5) is 8.78 Å². The van der Waals surface area contributed by atoms with Crippen LogP contribution in [0.1, 0.15) is 22.3 Å². The topological polar surface area (TPSA) is 55.4 Å². The monoisotopic (exact) mass is 319 g/mol. The molecule has 0 radical (unpaired) electrons. The van der Waals surface area contributed by atoms with E-state index in [0.717, 1.165) is 17.7 Å². The fourth-order valence-electron chi connectivity index (χ4n) is 1.86. The predicted octanol–water partition coefficient (Wildman–Crippen LogP) is 2.83. The summed E-state index contributed by atoms with van der Waals surface area (Å²) in [5.41, 5.74) is 0.585. The summed E-state index contributed by atoms with van der Waals surface area (Å²) in [6.45, 7) is 0.156. The van der Waals surface area contributed by atoms with E-state index in [1.165, 1.54) is 0 Å². The summed E-state index contributed by atoms with van der Waals surface area (Å²) in [7, 11) is 0. The zero-order chi connectivity index (χ0) is 16.7. The highest BCUT2D eigenvalue weighted by atomic mass is 19.1. The summed E-state index contributed by atoms with van der Waals surface area (Å²) < 4.78 is 31.2. The molecule has 1 N–H and O–H groups in total. The molecule has 0 aromatic heterocycles. The van der Waals surface area contributed by atoms with Gasteiger partial charge in [-0.15, -0.1) is 0 Å². The molecule has 1 amide bonds. The van der Waals surface area contributed by atoms with Gasteiger partial charge < -0.3 is 10.1 Å². The van der Waals surface area contributed by atoms with Gasteiger partial charge in [0.05, 0.1) is 12.0 Å². The van der Waals surface area contributed by atoms with E-state index < -0.39 is 23.5 Å². The third-order valence-electron chi connectivity index (χ3n) is 3.03. The number of hydrogen-bond acceptors (Lipinski definition) is 3. The van der Waals surface area contributed by atoms with Crippen molar-refractivity contribution in [2.45, 2.75) is 13.0 Å². The number of benzene rings is 2. The Morgan fingerprint density at radius 2 is 1.78 bits per heavy atom. The number of ether oxygens (including phenoxy) is 1. The average molecular weight is 319 g/mol. The minimum absolute atomic E-state index is 0.00325. The number of halogens is 2. The highest BCUT2D eigenvalue weighted by Crippen LogP contribution is 2.09. The molecule has 2 rings (SSSR count). The van der Waals surface area contributed by atoms with Gasteiger partial charge in [-0.25, -0.2) is 8.78 Å². The molecule has 6 heteroatoms. The van der Waals surface area contributed by atoms with E-state index in [0.29, 0.717) is 6.07 Å². The van der Waals surface area contributed by atoms with Crippen LogP contribution in [0.15, 0.2) is 48.5 Å². The molecule has 0 aliphatic heterocycles. The van der Waals surface area contributed by atoms with Crippen molar-refractivity contribution >= 4 is 11.9 Å².